The van der Waals surface area contributed by atoms with Crippen LogP contribution in [-0.2, 0) is 6.42 Å². The lowest BCUT2D eigenvalue weighted by Gasteiger charge is -2.21. The Morgan fingerprint density at radius 3 is 3.00 bits per heavy atom. The van der Waals surface area contributed by atoms with Gasteiger partial charge in [-0.25, -0.2) is 0 Å². The van der Waals surface area contributed by atoms with E-state index in [-0.39, 0.29) is 0 Å². The first-order chi connectivity index (χ1) is 8.35. The fourth-order valence-corrected chi connectivity index (χ4v) is 1.70. The van der Waals surface area contributed by atoms with Gasteiger partial charge in [0.2, 0.25) is 5.75 Å². The zero-order valence-corrected chi connectivity index (χ0v) is 9.55. The lowest BCUT2D eigenvalue weighted by atomic mass is 10.1. The summed E-state index contributed by atoms with van der Waals surface area (Å²) in [5.74, 6) is 1.98. The molecule has 6 heteroatoms. The van der Waals surface area contributed by atoms with E-state index in [1.165, 1.54) is 0 Å². The van der Waals surface area contributed by atoms with Gasteiger partial charge < -0.3 is 14.2 Å². The van der Waals surface area contributed by atoms with Gasteiger partial charge in [-0.1, -0.05) is 5.11 Å². The van der Waals surface area contributed by atoms with Crippen LogP contribution in [0.4, 0.5) is 0 Å². The van der Waals surface area contributed by atoms with E-state index in [1.54, 1.807) is 7.11 Å². The molecule has 0 aromatic heterocycles. The highest BCUT2D eigenvalue weighted by Crippen LogP contribution is 2.40. The quantitative estimate of drug-likeness (QED) is 0.456. The van der Waals surface area contributed by atoms with Crippen LogP contribution in [0.15, 0.2) is 17.2 Å². The molecule has 1 aromatic rings. The van der Waals surface area contributed by atoms with Crippen molar-refractivity contribution in [2.24, 2.45) is 5.11 Å². The van der Waals surface area contributed by atoms with Crippen LogP contribution in [0.3, 0.4) is 0 Å². The number of azide groups is 1. The molecule has 0 radical (unpaired) electrons. The Hall–Kier alpha value is -2.07. The monoisotopic (exact) mass is 235 g/mol. The molecule has 0 spiro atoms. The second-order valence-corrected chi connectivity index (χ2v) is 3.53. The summed E-state index contributed by atoms with van der Waals surface area (Å²) in [7, 11) is 1.59. The average molecular weight is 235 g/mol. The zero-order valence-electron chi connectivity index (χ0n) is 9.55. The summed E-state index contributed by atoms with van der Waals surface area (Å²) in [5, 5.41) is 3.50. The summed E-state index contributed by atoms with van der Waals surface area (Å²) >= 11 is 0. The van der Waals surface area contributed by atoms with E-state index in [4.69, 9.17) is 19.7 Å². The topological polar surface area (TPSA) is 76.5 Å². The molecule has 0 fully saturated rings. The van der Waals surface area contributed by atoms with Gasteiger partial charge in [-0.05, 0) is 29.6 Å². The first kappa shape index (κ1) is 11.4. The lowest BCUT2D eigenvalue weighted by molar-refractivity contribution is 0.165. The van der Waals surface area contributed by atoms with Gasteiger partial charge in [-0.15, -0.1) is 0 Å². The van der Waals surface area contributed by atoms with Crippen LogP contribution in [0.5, 0.6) is 17.2 Å². The minimum atomic E-state index is 0.416. The molecule has 0 atom stereocenters. The summed E-state index contributed by atoms with van der Waals surface area (Å²) < 4.78 is 16.2. The van der Waals surface area contributed by atoms with Crippen LogP contribution in [0.25, 0.3) is 10.4 Å². The molecule has 1 aliphatic heterocycles. The Labute approximate surface area is 98.7 Å². The van der Waals surface area contributed by atoms with E-state index in [1.807, 2.05) is 12.1 Å². The normalized spacial score (nSPS) is 12.8. The second kappa shape index (κ2) is 5.32. The molecule has 1 heterocycles. The molecular formula is C11H13N3O3. The number of hydrogen-bond acceptors (Lipinski definition) is 4. The summed E-state index contributed by atoms with van der Waals surface area (Å²) in [4.78, 5) is 2.72. The number of benzene rings is 1. The average Bonchev–Trinajstić information content (AvgIpc) is 2.38. The van der Waals surface area contributed by atoms with Crippen molar-refractivity contribution >= 4 is 0 Å². The number of hydrogen-bond donors (Lipinski definition) is 0. The number of rotatable bonds is 4. The molecule has 17 heavy (non-hydrogen) atoms. The maximum atomic E-state index is 8.23. The Morgan fingerprint density at radius 2 is 2.24 bits per heavy atom. The van der Waals surface area contributed by atoms with Crippen molar-refractivity contribution < 1.29 is 14.2 Å². The summed E-state index contributed by atoms with van der Waals surface area (Å²) in [6.07, 6.45) is 0.650. The molecule has 0 aliphatic carbocycles. The minimum absolute atomic E-state index is 0.416. The highest BCUT2D eigenvalue weighted by molar-refractivity contribution is 5.54. The third-order valence-corrected chi connectivity index (χ3v) is 2.45. The molecule has 0 N–H and O–H groups in total. The second-order valence-electron chi connectivity index (χ2n) is 3.53. The Bertz CT molecular complexity index is 438. The highest BCUT2D eigenvalue weighted by Gasteiger charge is 2.17. The predicted octanol–water partition coefficient (Wildman–Crippen LogP) is 2.32. The molecule has 0 saturated carbocycles. The zero-order chi connectivity index (χ0) is 12.1. The fraction of sp³-hybridized carbons (Fsp3) is 0.455. The number of nitrogens with zero attached hydrogens (tertiary/aromatic N) is 3. The van der Waals surface area contributed by atoms with Gasteiger partial charge in [0, 0.05) is 11.5 Å². The summed E-state index contributed by atoms with van der Waals surface area (Å²) in [6, 6.07) is 3.77. The van der Waals surface area contributed by atoms with Crippen LogP contribution >= 0.6 is 0 Å². The van der Waals surface area contributed by atoms with Gasteiger partial charge in [-0.3, -0.25) is 0 Å². The van der Waals surface area contributed by atoms with Gasteiger partial charge >= 0.3 is 0 Å². The molecule has 0 amide bonds. The van der Waals surface area contributed by atoms with Gasteiger partial charge in [0.15, 0.2) is 11.5 Å². The van der Waals surface area contributed by atoms with Gasteiger partial charge in [0.25, 0.3) is 0 Å². The smallest absolute Gasteiger partial charge is 0.203 e. The molecule has 2 rings (SSSR count). The van der Waals surface area contributed by atoms with Crippen molar-refractivity contribution in [1.29, 1.82) is 0 Å². The van der Waals surface area contributed by atoms with Crippen LogP contribution in [-0.4, -0.2) is 26.9 Å². The number of methoxy groups -OCH3 is 1. The van der Waals surface area contributed by atoms with E-state index in [2.05, 4.69) is 10.0 Å². The molecule has 1 aromatic carbocycles. The lowest BCUT2D eigenvalue weighted by Crippen LogP contribution is -2.16. The van der Waals surface area contributed by atoms with Crippen molar-refractivity contribution in [2.75, 3.05) is 26.9 Å². The maximum Gasteiger partial charge on any atom is 0.203 e. The largest absolute Gasteiger partial charge is 0.493 e. The van der Waals surface area contributed by atoms with Crippen molar-refractivity contribution in [2.45, 2.75) is 6.42 Å². The minimum Gasteiger partial charge on any atom is -0.493 e. The van der Waals surface area contributed by atoms with Gasteiger partial charge in [0.05, 0.1) is 7.11 Å². The molecule has 1 aliphatic rings. The summed E-state index contributed by atoms with van der Waals surface area (Å²) in [6.45, 7) is 1.48. The van der Waals surface area contributed by atoms with Crippen molar-refractivity contribution in [3.8, 4) is 17.2 Å². The Morgan fingerprint density at radius 1 is 1.41 bits per heavy atom. The van der Waals surface area contributed by atoms with E-state index in [0.717, 1.165) is 5.56 Å². The number of ether oxygens (including phenoxy) is 3. The third-order valence-electron chi connectivity index (χ3n) is 2.45. The number of fused-ring (bicyclic) bond motifs is 1. The first-order valence-corrected chi connectivity index (χ1v) is 5.32. The van der Waals surface area contributed by atoms with E-state index in [9.17, 15) is 0 Å². The molecule has 0 bridgehead atoms. The molecule has 0 unspecified atom stereocenters. The maximum absolute atomic E-state index is 8.23. The van der Waals surface area contributed by atoms with Crippen molar-refractivity contribution in [3.05, 3.63) is 28.1 Å². The van der Waals surface area contributed by atoms with Crippen LogP contribution in [0.2, 0.25) is 0 Å². The van der Waals surface area contributed by atoms with Crippen molar-refractivity contribution in [1.82, 2.24) is 0 Å². The summed E-state index contributed by atoms with van der Waals surface area (Å²) in [5.41, 5.74) is 9.22. The SMILES string of the molecule is COc1cc(CCN=[N+]=[N-])cc2c1OCCO2. The van der Waals surface area contributed by atoms with Gasteiger partial charge in [-0.2, -0.15) is 0 Å². The van der Waals surface area contributed by atoms with Crippen molar-refractivity contribution in [3.63, 3.8) is 0 Å². The third kappa shape index (κ3) is 2.54. The van der Waals surface area contributed by atoms with Gasteiger partial charge in [0.1, 0.15) is 13.2 Å². The van der Waals surface area contributed by atoms with E-state index < -0.39 is 0 Å². The van der Waals surface area contributed by atoms with E-state index >= 15 is 0 Å². The Balaban J connectivity index is 2.25. The van der Waals surface area contributed by atoms with Crippen LogP contribution < -0.4 is 14.2 Å². The molecular weight excluding hydrogens is 222 g/mol. The standard InChI is InChI=1S/C11H13N3O3/c1-15-9-6-8(2-3-13-14-12)7-10-11(9)17-5-4-16-10/h6-7H,2-5H2,1H3. The molecule has 6 nitrogen and oxygen atoms in total. The molecule has 90 valence electrons. The van der Waals surface area contributed by atoms with Crippen LogP contribution in [0.1, 0.15) is 5.56 Å². The fourth-order valence-electron chi connectivity index (χ4n) is 1.70. The highest BCUT2D eigenvalue weighted by atomic mass is 16.6. The Kier molecular flexibility index (Phi) is 3.57. The molecule has 0 saturated heterocycles. The first-order valence-electron chi connectivity index (χ1n) is 5.32. The van der Waals surface area contributed by atoms with Crippen LogP contribution in [0, 0.1) is 0 Å². The van der Waals surface area contributed by atoms with E-state index in [0.29, 0.717) is 43.4 Å². The predicted molar refractivity (Wildman–Crippen MR) is 61.7 cm³/mol.